The molecule has 0 radical (unpaired) electrons. The molecule has 0 aromatic heterocycles. The monoisotopic (exact) mass is 335 g/mol. The van der Waals surface area contributed by atoms with Gasteiger partial charge in [0.25, 0.3) is 0 Å². The summed E-state index contributed by atoms with van der Waals surface area (Å²) in [5.74, 6) is -0.492. The van der Waals surface area contributed by atoms with Crippen molar-refractivity contribution in [2.45, 2.75) is 18.2 Å². The highest BCUT2D eigenvalue weighted by atomic mass is 35.5. The average Bonchev–Trinajstić information content (AvgIpc) is 2.46. The predicted molar refractivity (Wildman–Crippen MR) is 79.1 cm³/mol. The fourth-order valence-electron chi connectivity index (χ4n) is 1.74. The van der Waals surface area contributed by atoms with Gasteiger partial charge in [0.1, 0.15) is 17.2 Å². The largest absolute Gasteiger partial charge is 0.495 e. The molecule has 21 heavy (non-hydrogen) atoms. The fraction of sp³-hybridized carbons (Fsp3) is 0.462. The SMILES string of the molecule is CCCN(CC(=O)OC)S(=O)(=O)c1ccc(Cl)cc1OC. The Labute approximate surface area is 129 Å². The molecule has 1 rings (SSSR count). The summed E-state index contributed by atoms with van der Waals surface area (Å²) in [5, 5.41) is 0.362. The number of nitrogens with zero attached hydrogens (tertiary/aromatic N) is 1. The Balaban J connectivity index is 3.25. The molecule has 0 aliphatic carbocycles. The van der Waals surface area contributed by atoms with Crippen LogP contribution in [0.4, 0.5) is 0 Å². The lowest BCUT2D eigenvalue weighted by Crippen LogP contribution is -2.37. The van der Waals surface area contributed by atoms with E-state index in [2.05, 4.69) is 4.74 Å². The van der Waals surface area contributed by atoms with Gasteiger partial charge < -0.3 is 9.47 Å². The van der Waals surface area contributed by atoms with Gasteiger partial charge in [0, 0.05) is 17.6 Å². The summed E-state index contributed by atoms with van der Waals surface area (Å²) in [6.07, 6.45) is 0.562. The zero-order valence-electron chi connectivity index (χ0n) is 12.1. The zero-order chi connectivity index (χ0) is 16.0. The Morgan fingerprint density at radius 1 is 1.33 bits per heavy atom. The zero-order valence-corrected chi connectivity index (χ0v) is 13.7. The molecule has 0 aliphatic rings. The van der Waals surface area contributed by atoms with Gasteiger partial charge in [-0.05, 0) is 18.6 Å². The summed E-state index contributed by atoms with van der Waals surface area (Å²) >= 11 is 5.83. The topological polar surface area (TPSA) is 72.9 Å². The smallest absolute Gasteiger partial charge is 0.321 e. The first-order chi connectivity index (χ1) is 9.86. The van der Waals surface area contributed by atoms with Gasteiger partial charge in [0.15, 0.2) is 0 Å². The maximum absolute atomic E-state index is 12.7. The number of hydrogen-bond donors (Lipinski definition) is 0. The van der Waals surface area contributed by atoms with Gasteiger partial charge in [-0.15, -0.1) is 0 Å². The van der Waals surface area contributed by atoms with Gasteiger partial charge in [0.2, 0.25) is 10.0 Å². The van der Waals surface area contributed by atoms with E-state index in [1.165, 1.54) is 32.4 Å². The summed E-state index contributed by atoms with van der Waals surface area (Å²) < 4.78 is 36.0. The van der Waals surface area contributed by atoms with Gasteiger partial charge in [0.05, 0.1) is 14.2 Å². The number of carbonyl (C=O) groups is 1. The summed E-state index contributed by atoms with van der Waals surface area (Å²) in [6, 6.07) is 4.23. The van der Waals surface area contributed by atoms with Gasteiger partial charge >= 0.3 is 5.97 Å². The Kier molecular flexibility index (Phi) is 6.44. The normalized spacial score (nSPS) is 11.5. The van der Waals surface area contributed by atoms with Crippen molar-refractivity contribution < 1.29 is 22.7 Å². The van der Waals surface area contributed by atoms with E-state index in [0.29, 0.717) is 11.4 Å². The molecule has 0 atom stereocenters. The first kappa shape index (κ1) is 17.7. The molecule has 0 bridgehead atoms. The molecule has 0 aliphatic heterocycles. The summed E-state index contributed by atoms with van der Waals surface area (Å²) in [5.41, 5.74) is 0. The molecule has 0 spiro atoms. The van der Waals surface area contributed by atoms with E-state index >= 15 is 0 Å². The predicted octanol–water partition coefficient (Wildman–Crippen LogP) is 1.92. The molecular weight excluding hydrogens is 318 g/mol. The third-order valence-electron chi connectivity index (χ3n) is 2.75. The van der Waals surface area contributed by atoms with Crippen LogP contribution < -0.4 is 4.74 Å². The van der Waals surface area contributed by atoms with Crippen LogP contribution in [0.25, 0.3) is 0 Å². The quantitative estimate of drug-likeness (QED) is 0.712. The van der Waals surface area contributed by atoms with E-state index in [9.17, 15) is 13.2 Å². The van der Waals surface area contributed by atoms with Crippen LogP contribution >= 0.6 is 11.6 Å². The van der Waals surface area contributed by atoms with Crippen LogP contribution in [0.5, 0.6) is 5.75 Å². The lowest BCUT2D eigenvalue weighted by molar-refractivity contribution is -0.140. The molecule has 1 aromatic rings. The van der Waals surface area contributed by atoms with Crippen LogP contribution in [0.2, 0.25) is 5.02 Å². The molecule has 0 unspecified atom stereocenters. The second kappa shape index (κ2) is 7.63. The number of ether oxygens (including phenoxy) is 2. The number of halogens is 1. The van der Waals surface area contributed by atoms with Crippen molar-refractivity contribution in [3.63, 3.8) is 0 Å². The summed E-state index contributed by atoms with van der Waals surface area (Å²) in [6.45, 7) is 1.67. The molecule has 118 valence electrons. The van der Waals surface area contributed by atoms with E-state index in [0.717, 1.165) is 4.31 Å². The molecule has 0 saturated carbocycles. The van der Waals surface area contributed by atoms with Crippen molar-refractivity contribution in [1.82, 2.24) is 4.31 Å². The van der Waals surface area contributed by atoms with E-state index in [4.69, 9.17) is 16.3 Å². The minimum absolute atomic E-state index is 0.0354. The van der Waals surface area contributed by atoms with Crippen LogP contribution in [0.1, 0.15) is 13.3 Å². The highest BCUT2D eigenvalue weighted by molar-refractivity contribution is 7.89. The number of benzene rings is 1. The first-order valence-electron chi connectivity index (χ1n) is 6.27. The summed E-state index contributed by atoms with van der Waals surface area (Å²) in [7, 11) is -1.31. The second-order valence-electron chi connectivity index (χ2n) is 4.21. The van der Waals surface area contributed by atoms with Crippen molar-refractivity contribution in [3.8, 4) is 5.75 Å². The van der Waals surface area contributed by atoms with Gasteiger partial charge in [-0.25, -0.2) is 8.42 Å². The molecule has 1 aromatic carbocycles. The number of carbonyl (C=O) groups excluding carboxylic acids is 1. The third kappa shape index (κ3) is 4.33. The molecule has 0 fully saturated rings. The Hall–Kier alpha value is -1.31. The van der Waals surface area contributed by atoms with Crippen LogP contribution in [0.3, 0.4) is 0 Å². The second-order valence-corrected chi connectivity index (χ2v) is 6.55. The lowest BCUT2D eigenvalue weighted by atomic mass is 10.3. The maximum Gasteiger partial charge on any atom is 0.321 e. The molecule has 0 N–H and O–H groups in total. The Morgan fingerprint density at radius 2 is 2.00 bits per heavy atom. The van der Waals surface area contributed by atoms with Crippen molar-refractivity contribution in [2.75, 3.05) is 27.3 Å². The van der Waals surface area contributed by atoms with Crippen molar-refractivity contribution in [2.24, 2.45) is 0 Å². The van der Waals surface area contributed by atoms with Gasteiger partial charge in [-0.2, -0.15) is 4.31 Å². The van der Waals surface area contributed by atoms with Crippen molar-refractivity contribution in [3.05, 3.63) is 23.2 Å². The average molecular weight is 336 g/mol. The maximum atomic E-state index is 12.7. The van der Waals surface area contributed by atoms with Crippen molar-refractivity contribution in [1.29, 1.82) is 0 Å². The van der Waals surface area contributed by atoms with E-state index in [-0.39, 0.29) is 23.7 Å². The lowest BCUT2D eigenvalue weighted by Gasteiger charge is -2.21. The molecule has 0 saturated heterocycles. The minimum atomic E-state index is -3.88. The van der Waals surface area contributed by atoms with E-state index < -0.39 is 16.0 Å². The van der Waals surface area contributed by atoms with Crippen LogP contribution in [0.15, 0.2) is 23.1 Å². The molecule has 0 heterocycles. The molecule has 8 heteroatoms. The first-order valence-corrected chi connectivity index (χ1v) is 8.09. The van der Waals surface area contributed by atoms with Gasteiger partial charge in [-0.3, -0.25) is 4.79 Å². The number of hydrogen-bond acceptors (Lipinski definition) is 5. The number of sulfonamides is 1. The number of rotatable bonds is 7. The van der Waals surface area contributed by atoms with E-state index in [1.807, 2.05) is 6.92 Å². The minimum Gasteiger partial charge on any atom is -0.495 e. The molecule has 6 nitrogen and oxygen atoms in total. The Bertz CT molecular complexity index is 603. The molecule has 0 amide bonds. The molecular formula is C13H18ClNO5S. The van der Waals surface area contributed by atoms with Gasteiger partial charge in [-0.1, -0.05) is 18.5 Å². The van der Waals surface area contributed by atoms with Crippen molar-refractivity contribution >= 4 is 27.6 Å². The van der Waals surface area contributed by atoms with Crippen LogP contribution in [-0.2, 0) is 19.6 Å². The Morgan fingerprint density at radius 3 is 2.52 bits per heavy atom. The number of esters is 1. The highest BCUT2D eigenvalue weighted by Crippen LogP contribution is 2.29. The highest BCUT2D eigenvalue weighted by Gasteiger charge is 2.29. The summed E-state index contributed by atoms with van der Waals surface area (Å²) in [4.78, 5) is 11.4. The van der Waals surface area contributed by atoms with E-state index in [1.54, 1.807) is 0 Å². The van der Waals surface area contributed by atoms with Crippen LogP contribution in [0, 0.1) is 0 Å². The van der Waals surface area contributed by atoms with Crippen LogP contribution in [-0.4, -0.2) is 46.0 Å². The standard InChI is InChI=1S/C13H18ClNO5S/c1-4-7-15(9-13(16)20-3)21(17,18)12-6-5-10(14)8-11(12)19-2/h5-6,8H,4,7,9H2,1-3H3. The fourth-order valence-corrected chi connectivity index (χ4v) is 3.51. The third-order valence-corrected chi connectivity index (χ3v) is 4.87. The number of methoxy groups -OCH3 is 2.